The molecule has 1 aliphatic rings. The molecule has 1 unspecified atom stereocenters. The quantitative estimate of drug-likeness (QED) is 0.763. The minimum absolute atomic E-state index is 0.0301. The second kappa shape index (κ2) is 5.96. The second-order valence-electron chi connectivity index (χ2n) is 6.06. The average Bonchev–Trinajstić information content (AvgIpc) is 3.23. The fourth-order valence-corrected chi connectivity index (χ4v) is 4.21. The molecule has 1 atom stereocenters. The molecule has 128 valence electrons. The molecule has 25 heavy (non-hydrogen) atoms. The van der Waals surface area contributed by atoms with Gasteiger partial charge in [-0.25, -0.2) is 9.78 Å². The van der Waals surface area contributed by atoms with Crippen LogP contribution in [0.4, 0.5) is 0 Å². The molecule has 0 saturated carbocycles. The lowest BCUT2D eigenvalue weighted by molar-refractivity contribution is 0.0678. The van der Waals surface area contributed by atoms with Crippen molar-refractivity contribution in [3.63, 3.8) is 0 Å². The summed E-state index contributed by atoms with van der Waals surface area (Å²) in [5.74, 6) is 0.445. The Balaban J connectivity index is 1.66. The number of fused-ring (bicyclic) bond motifs is 1. The fourth-order valence-electron chi connectivity index (χ4n) is 3.25. The molecule has 3 aromatic heterocycles. The number of carbonyl (C=O) groups is 1. The van der Waals surface area contributed by atoms with Crippen LogP contribution in [-0.2, 0) is 6.42 Å². The highest BCUT2D eigenvalue weighted by atomic mass is 32.1. The number of thiophene rings is 1. The van der Waals surface area contributed by atoms with Crippen LogP contribution >= 0.6 is 11.3 Å². The van der Waals surface area contributed by atoms with Crippen molar-refractivity contribution in [3.05, 3.63) is 61.8 Å². The van der Waals surface area contributed by atoms with Crippen molar-refractivity contribution in [2.45, 2.75) is 26.3 Å². The predicted octanol–water partition coefficient (Wildman–Crippen LogP) is 2.09. The molecule has 0 spiro atoms. The normalized spacial score (nSPS) is 16.7. The summed E-state index contributed by atoms with van der Waals surface area (Å²) >= 11 is 1.75. The molecule has 1 amide bonds. The Morgan fingerprint density at radius 3 is 2.96 bits per heavy atom. The molecule has 8 heteroatoms. The summed E-state index contributed by atoms with van der Waals surface area (Å²) in [5.41, 5.74) is 2.21. The van der Waals surface area contributed by atoms with Gasteiger partial charge in [-0.15, -0.1) is 11.3 Å². The van der Waals surface area contributed by atoms with Gasteiger partial charge < -0.3 is 4.90 Å². The molecule has 0 bridgehead atoms. The minimum atomic E-state index is -0.279. The van der Waals surface area contributed by atoms with Gasteiger partial charge in [0.2, 0.25) is 0 Å². The van der Waals surface area contributed by atoms with Crippen molar-refractivity contribution in [2.24, 2.45) is 0 Å². The lowest BCUT2D eigenvalue weighted by Crippen LogP contribution is -2.38. The zero-order valence-electron chi connectivity index (χ0n) is 13.9. The number of carbonyl (C=O) groups excluding carboxylic acids is 1. The Hall–Kier alpha value is -2.74. The standard InChI is InChI=1S/C17H17N5O2S/c1-10-12-6-8-25-14(12)5-7-21(10)17(24)13-9-18-22(11(13)2)15-3-4-16(23)20-19-15/h3-4,6,8-10H,5,7H2,1-2H3,(H,20,23). The van der Waals surface area contributed by atoms with Crippen molar-refractivity contribution in [3.8, 4) is 5.82 Å². The third-order valence-electron chi connectivity index (χ3n) is 4.66. The van der Waals surface area contributed by atoms with Gasteiger partial charge in [0.1, 0.15) is 0 Å². The molecule has 1 aliphatic heterocycles. The minimum Gasteiger partial charge on any atom is -0.331 e. The van der Waals surface area contributed by atoms with Crippen molar-refractivity contribution < 1.29 is 4.79 Å². The maximum Gasteiger partial charge on any atom is 0.264 e. The Morgan fingerprint density at radius 2 is 2.20 bits per heavy atom. The molecule has 7 nitrogen and oxygen atoms in total. The Bertz CT molecular complexity index is 982. The highest BCUT2D eigenvalue weighted by molar-refractivity contribution is 7.10. The van der Waals surface area contributed by atoms with Crippen LogP contribution in [-0.4, -0.2) is 37.3 Å². The number of nitrogens with zero attached hydrogens (tertiary/aromatic N) is 4. The molecule has 0 fully saturated rings. The van der Waals surface area contributed by atoms with Crippen molar-refractivity contribution in [2.75, 3.05) is 6.54 Å². The van der Waals surface area contributed by atoms with Gasteiger partial charge in [-0.1, -0.05) is 0 Å². The monoisotopic (exact) mass is 355 g/mol. The molecular weight excluding hydrogens is 338 g/mol. The van der Waals surface area contributed by atoms with Crippen LogP contribution < -0.4 is 5.56 Å². The highest BCUT2D eigenvalue weighted by Gasteiger charge is 2.30. The Morgan fingerprint density at radius 1 is 1.36 bits per heavy atom. The van der Waals surface area contributed by atoms with Gasteiger partial charge >= 0.3 is 0 Å². The van der Waals surface area contributed by atoms with Crippen LogP contribution in [0.3, 0.4) is 0 Å². The first-order chi connectivity index (χ1) is 12.1. The van der Waals surface area contributed by atoms with E-state index in [-0.39, 0.29) is 17.5 Å². The van der Waals surface area contributed by atoms with E-state index in [4.69, 9.17) is 0 Å². The van der Waals surface area contributed by atoms with Crippen LogP contribution in [0.15, 0.2) is 34.6 Å². The summed E-state index contributed by atoms with van der Waals surface area (Å²) in [4.78, 5) is 27.5. The van der Waals surface area contributed by atoms with E-state index in [0.717, 1.165) is 6.42 Å². The zero-order valence-corrected chi connectivity index (χ0v) is 14.7. The molecule has 0 aromatic carbocycles. The smallest absolute Gasteiger partial charge is 0.264 e. The predicted molar refractivity (Wildman–Crippen MR) is 94.2 cm³/mol. The summed E-state index contributed by atoms with van der Waals surface area (Å²) in [5, 5.41) is 12.7. The third-order valence-corrected chi connectivity index (χ3v) is 5.66. The number of hydrogen-bond acceptors (Lipinski definition) is 5. The SMILES string of the molecule is Cc1c(C(=O)N2CCc3sccc3C2C)cnn1-c1ccc(=O)[nH]n1. The largest absolute Gasteiger partial charge is 0.331 e. The third kappa shape index (κ3) is 2.58. The van der Waals surface area contributed by atoms with E-state index >= 15 is 0 Å². The van der Waals surface area contributed by atoms with E-state index in [9.17, 15) is 9.59 Å². The van der Waals surface area contributed by atoms with Gasteiger partial charge in [0.25, 0.3) is 11.5 Å². The van der Waals surface area contributed by atoms with Crippen molar-refractivity contribution in [1.82, 2.24) is 24.9 Å². The summed E-state index contributed by atoms with van der Waals surface area (Å²) in [6.07, 6.45) is 2.46. The van der Waals surface area contributed by atoms with Gasteiger partial charge in [-0.2, -0.15) is 10.2 Å². The van der Waals surface area contributed by atoms with E-state index < -0.39 is 0 Å². The van der Waals surface area contributed by atoms with Crippen LogP contribution in [0, 0.1) is 6.92 Å². The first-order valence-corrected chi connectivity index (χ1v) is 8.92. The molecule has 0 radical (unpaired) electrons. The summed E-state index contributed by atoms with van der Waals surface area (Å²) < 4.78 is 1.56. The van der Waals surface area contributed by atoms with Crippen molar-refractivity contribution >= 4 is 17.2 Å². The molecular formula is C17H17N5O2S. The fraction of sp³-hybridized carbons (Fsp3) is 0.294. The summed E-state index contributed by atoms with van der Waals surface area (Å²) in [6, 6.07) is 5.12. The van der Waals surface area contributed by atoms with Gasteiger partial charge in [-0.3, -0.25) is 9.59 Å². The maximum atomic E-state index is 13.1. The van der Waals surface area contributed by atoms with E-state index in [2.05, 4.69) is 33.7 Å². The van der Waals surface area contributed by atoms with E-state index in [1.165, 1.54) is 16.5 Å². The molecule has 3 aromatic rings. The summed E-state index contributed by atoms with van der Waals surface area (Å²) in [6.45, 7) is 4.60. The van der Waals surface area contributed by atoms with Crippen LogP contribution in [0.2, 0.25) is 0 Å². The van der Waals surface area contributed by atoms with Gasteiger partial charge in [0, 0.05) is 17.5 Å². The average molecular weight is 355 g/mol. The Kier molecular flexibility index (Phi) is 3.76. The molecule has 0 saturated heterocycles. The van der Waals surface area contributed by atoms with Gasteiger partial charge in [0.15, 0.2) is 5.82 Å². The van der Waals surface area contributed by atoms with Gasteiger partial charge in [0.05, 0.1) is 23.5 Å². The van der Waals surface area contributed by atoms with E-state index in [1.54, 1.807) is 28.3 Å². The number of H-pyrrole nitrogens is 1. The number of aromatic nitrogens is 4. The lowest BCUT2D eigenvalue weighted by Gasteiger charge is -2.33. The van der Waals surface area contributed by atoms with Gasteiger partial charge in [-0.05, 0) is 43.3 Å². The van der Waals surface area contributed by atoms with Crippen molar-refractivity contribution in [1.29, 1.82) is 0 Å². The number of aromatic amines is 1. The first-order valence-electron chi connectivity index (χ1n) is 8.04. The van der Waals surface area contributed by atoms with Crippen LogP contribution in [0.5, 0.6) is 0 Å². The highest BCUT2D eigenvalue weighted by Crippen LogP contribution is 2.34. The molecule has 4 heterocycles. The van der Waals surface area contributed by atoms with E-state index in [0.29, 0.717) is 23.6 Å². The Labute approximate surface area is 147 Å². The van der Waals surface area contributed by atoms with Crippen LogP contribution in [0.25, 0.3) is 5.82 Å². The molecule has 0 aliphatic carbocycles. The number of nitrogens with one attached hydrogen (secondary N) is 1. The molecule has 1 N–H and O–H groups in total. The molecule has 4 rings (SSSR count). The zero-order chi connectivity index (χ0) is 17.6. The number of hydrogen-bond donors (Lipinski definition) is 1. The topological polar surface area (TPSA) is 83.9 Å². The maximum absolute atomic E-state index is 13.1. The second-order valence-corrected chi connectivity index (χ2v) is 7.06. The first kappa shape index (κ1) is 15.8. The van der Waals surface area contributed by atoms with Crippen LogP contribution in [0.1, 0.15) is 39.5 Å². The number of rotatable bonds is 2. The summed E-state index contributed by atoms with van der Waals surface area (Å²) in [7, 11) is 0. The number of amides is 1. The van der Waals surface area contributed by atoms with E-state index in [1.807, 2.05) is 11.8 Å². The lowest BCUT2D eigenvalue weighted by atomic mass is 10.0.